The zero-order valence-electron chi connectivity index (χ0n) is 27.6. The van der Waals surface area contributed by atoms with Gasteiger partial charge in [0.05, 0.1) is 17.1 Å². The molecule has 0 amide bonds. The van der Waals surface area contributed by atoms with Crippen molar-refractivity contribution in [1.29, 1.82) is 0 Å². The van der Waals surface area contributed by atoms with Crippen LogP contribution in [0, 0.1) is 0 Å². The quantitative estimate of drug-likeness (QED) is 0.130. The Morgan fingerprint density at radius 2 is 0.683 bits per heavy atom. The Bertz CT molecular complexity index is 1010. The second kappa shape index (κ2) is 16.9. The van der Waals surface area contributed by atoms with E-state index < -0.39 is 5.79 Å². The van der Waals surface area contributed by atoms with E-state index in [9.17, 15) is 0 Å². The van der Waals surface area contributed by atoms with Gasteiger partial charge in [0, 0.05) is 24.0 Å². The predicted molar refractivity (Wildman–Crippen MR) is 173 cm³/mol. The van der Waals surface area contributed by atoms with Crippen LogP contribution in [-0.2, 0) is 44.3 Å². The molecule has 6 heteroatoms. The van der Waals surface area contributed by atoms with Crippen LogP contribution >= 0.6 is 0 Å². The van der Waals surface area contributed by atoms with Gasteiger partial charge in [0.25, 0.3) is 0 Å². The Kier molecular flexibility index (Phi) is 13.7. The van der Waals surface area contributed by atoms with Gasteiger partial charge >= 0.3 is 0 Å². The van der Waals surface area contributed by atoms with Crippen LogP contribution in [-0.4, -0.2) is 29.3 Å². The fourth-order valence-corrected chi connectivity index (χ4v) is 5.84. The van der Waals surface area contributed by atoms with Gasteiger partial charge in [-0.3, -0.25) is 0 Å². The maximum atomic E-state index is 5.41. The summed E-state index contributed by atoms with van der Waals surface area (Å²) in [5.74, 6) is -0.686. The van der Waals surface area contributed by atoms with Gasteiger partial charge in [0.1, 0.15) is 0 Å². The average Bonchev–Trinajstić information content (AvgIpc) is 3.71. The molecule has 0 aliphatic carbocycles. The Balaban J connectivity index is 2.32. The van der Waals surface area contributed by atoms with Crippen molar-refractivity contribution in [3.63, 3.8) is 0 Å². The van der Waals surface area contributed by atoms with Crippen LogP contribution < -0.4 is 0 Å². The SMILES string of the molecule is CCCCc1cc(CCCC)n(C(C)(n2nc(CCCC)cc2CCCC)n2nc(CCCC)cc2CCCC)n1. The summed E-state index contributed by atoms with van der Waals surface area (Å²) >= 11 is 0. The van der Waals surface area contributed by atoms with Crippen molar-refractivity contribution in [2.24, 2.45) is 0 Å². The first-order valence-electron chi connectivity index (χ1n) is 17.2. The van der Waals surface area contributed by atoms with Gasteiger partial charge in [0.15, 0.2) is 0 Å². The first-order chi connectivity index (χ1) is 20.0. The topological polar surface area (TPSA) is 53.5 Å². The summed E-state index contributed by atoms with van der Waals surface area (Å²) in [4.78, 5) is 0. The van der Waals surface area contributed by atoms with Crippen LogP contribution in [0.2, 0.25) is 0 Å². The Labute approximate surface area is 251 Å². The van der Waals surface area contributed by atoms with Gasteiger partial charge in [-0.1, -0.05) is 80.1 Å². The molecular weight excluding hydrogens is 504 g/mol. The van der Waals surface area contributed by atoms with Crippen LogP contribution in [0.1, 0.15) is 160 Å². The van der Waals surface area contributed by atoms with E-state index in [0.717, 1.165) is 77.0 Å². The molecule has 3 heterocycles. The molecule has 6 nitrogen and oxygen atoms in total. The number of hydrogen-bond donors (Lipinski definition) is 0. The van der Waals surface area contributed by atoms with Gasteiger partial charge in [0.2, 0.25) is 5.79 Å². The highest BCUT2D eigenvalue weighted by Crippen LogP contribution is 2.30. The largest absolute Gasteiger partial charge is 0.246 e. The van der Waals surface area contributed by atoms with Crippen molar-refractivity contribution in [2.75, 3.05) is 0 Å². The van der Waals surface area contributed by atoms with Crippen molar-refractivity contribution in [1.82, 2.24) is 29.3 Å². The average molecular weight is 565 g/mol. The van der Waals surface area contributed by atoms with Crippen LogP contribution in [0.4, 0.5) is 0 Å². The number of aromatic nitrogens is 6. The molecule has 0 radical (unpaired) electrons. The maximum Gasteiger partial charge on any atom is 0.246 e. The van der Waals surface area contributed by atoms with E-state index in [1.165, 1.54) is 72.7 Å². The summed E-state index contributed by atoms with van der Waals surface area (Å²) in [7, 11) is 0. The van der Waals surface area contributed by atoms with E-state index >= 15 is 0 Å². The standard InChI is InChI=1S/C35H60N6/c1-8-14-20-29-26-32(23-17-11-4)39(36-29)35(7,40-33(24-18-12-5)27-30(37-40)21-15-9-2)41-34(25-19-13-6)28-31(38-41)22-16-10-3/h26-28H,8-25H2,1-7H3. The van der Waals surface area contributed by atoms with Gasteiger partial charge in [-0.05, 0) is 95.2 Å². The highest BCUT2D eigenvalue weighted by atomic mass is 15.6. The van der Waals surface area contributed by atoms with E-state index in [1.807, 2.05) is 0 Å². The van der Waals surface area contributed by atoms with Crippen molar-refractivity contribution in [3.05, 3.63) is 52.4 Å². The molecule has 0 N–H and O–H groups in total. The Morgan fingerprint density at radius 3 is 0.927 bits per heavy atom. The number of nitrogens with zero attached hydrogens (tertiary/aromatic N) is 6. The molecule has 0 unspecified atom stereocenters. The highest BCUT2D eigenvalue weighted by molar-refractivity contribution is 5.21. The summed E-state index contributed by atoms with van der Waals surface area (Å²) in [6.07, 6.45) is 20.1. The molecule has 0 fully saturated rings. The second-order valence-electron chi connectivity index (χ2n) is 12.2. The molecule has 41 heavy (non-hydrogen) atoms. The zero-order chi connectivity index (χ0) is 29.7. The summed E-state index contributed by atoms with van der Waals surface area (Å²) in [6, 6.07) is 7.14. The normalized spacial score (nSPS) is 12.1. The number of hydrogen-bond acceptors (Lipinski definition) is 3. The number of unbranched alkanes of at least 4 members (excludes halogenated alkanes) is 6. The van der Waals surface area contributed by atoms with Crippen LogP contribution in [0.3, 0.4) is 0 Å². The zero-order valence-corrected chi connectivity index (χ0v) is 27.6. The minimum absolute atomic E-state index is 0.686. The molecule has 3 aromatic heterocycles. The van der Waals surface area contributed by atoms with Crippen molar-refractivity contribution in [3.8, 4) is 0 Å². The molecule has 0 aliphatic rings. The maximum absolute atomic E-state index is 5.41. The molecule has 0 aliphatic heterocycles. The molecule has 0 saturated carbocycles. The van der Waals surface area contributed by atoms with Crippen molar-refractivity contribution >= 4 is 0 Å². The van der Waals surface area contributed by atoms with Gasteiger partial charge in [-0.15, -0.1) is 0 Å². The van der Waals surface area contributed by atoms with Crippen LogP contribution in [0.5, 0.6) is 0 Å². The Morgan fingerprint density at radius 1 is 0.439 bits per heavy atom. The minimum Gasteiger partial charge on any atom is -0.222 e. The van der Waals surface area contributed by atoms with E-state index in [2.05, 4.69) is 80.7 Å². The van der Waals surface area contributed by atoms with E-state index in [4.69, 9.17) is 15.3 Å². The summed E-state index contributed by atoms with van der Waals surface area (Å²) in [5.41, 5.74) is 7.52. The second-order valence-corrected chi connectivity index (χ2v) is 12.2. The molecule has 0 atom stereocenters. The lowest BCUT2D eigenvalue weighted by Gasteiger charge is -2.35. The molecule has 0 bridgehead atoms. The van der Waals surface area contributed by atoms with E-state index in [1.54, 1.807) is 0 Å². The smallest absolute Gasteiger partial charge is 0.222 e. The molecule has 3 rings (SSSR count). The minimum atomic E-state index is -0.686. The predicted octanol–water partition coefficient (Wildman–Crippen LogP) is 9.06. The lowest BCUT2D eigenvalue weighted by molar-refractivity contribution is 0.125. The monoisotopic (exact) mass is 564 g/mol. The van der Waals surface area contributed by atoms with Crippen LogP contribution in [0.25, 0.3) is 0 Å². The summed E-state index contributed by atoms with van der Waals surface area (Å²) in [6.45, 7) is 16.0. The highest BCUT2D eigenvalue weighted by Gasteiger charge is 2.39. The van der Waals surface area contributed by atoms with Crippen molar-refractivity contribution < 1.29 is 0 Å². The fourth-order valence-electron chi connectivity index (χ4n) is 5.84. The third-order valence-corrected chi connectivity index (χ3v) is 8.42. The fraction of sp³-hybridized carbons (Fsp3) is 0.743. The third-order valence-electron chi connectivity index (χ3n) is 8.42. The third kappa shape index (κ3) is 8.35. The lowest BCUT2D eigenvalue weighted by atomic mass is 10.1. The first kappa shape index (κ1) is 33.1. The van der Waals surface area contributed by atoms with Gasteiger partial charge < -0.3 is 0 Å². The molecule has 230 valence electrons. The van der Waals surface area contributed by atoms with Gasteiger partial charge in [-0.2, -0.15) is 15.3 Å². The van der Waals surface area contributed by atoms with E-state index in [0.29, 0.717) is 0 Å². The molecule has 0 saturated heterocycles. The number of rotatable bonds is 21. The van der Waals surface area contributed by atoms with Crippen LogP contribution in [0.15, 0.2) is 18.2 Å². The molecule has 3 aromatic rings. The lowest BCUT2D eigenvalue weighted by Crippen LogP contribution is -2.49. The van der Waals surface area contributed by atoms with E-state index in [-0.39, 0.29) is 0 Å². The number of aryl methyl sites for hydroxylation is 6. The molecule has 0 aromatic carbocycles. The molecule has 0 spiro atoms. The molecular formula is C35H60N6. The summed E-state index contributed by atoms with van der Waals surface area (Å²) < 4.78 is 6.98. The van der Waals surface area contributed by atoms with Gasteiger partial charge in [-0.25, -0.2) is 14.0 Å². The Hall–Kier alpha value is -2.37. The van der Waals surface area contributed by atoms with Crippen molar-refractivity contribution in [2.45, 2.75) is 170 Å². The first-order valence-corrected chi connectivity index (χ1v) is 17.2. The summed E-state index contributed by atoms with van der Waals surface area (Å²) in [5, 5.41) is 16.2.